The molecular formula is C11H13NO5. The summed E-state index contributed by atoms with van der Waals surface area (Å²) in [4.78, 5) is 21.2. The van der Waals surface area contributed by atoms with E-state index >= 15 is 0 Å². The number of aliphatic hydroxyl groups excluding tert-OH is 2. The molecule has 0 saturated heterocycles. The number of carbonyl (C=O) groups excluding carboxylic acids is 1. The first kappa shape index (κ1) is 13.1. The van der Waals surface area contributed by atoms with Crippen molar-refractivity contribution < 1.29 is 24.9 Å². The molecule has 0 aliphatic heterocycles. The van der Waals surface area contributed by atoms with Gasteiger partial charge in [-0.2, -0.15) is 0 Å². The predicted octanol–water partition coefficient (Wildman–Crippen LogP) is 0.124. The quantitative estimate of drug-likeness (QED) is 0.597. The number of aliphatic carboxylic acids is 1. The summed E-state index contributed by atoms with van der Waals surface area (Å²) in [5.74, 6) is -1.73. The van der Waals surface area contributed by atoms with E-state index in [1.54, 1.807) is 0 Å². The van der Waals surface area contributed by atoms with E-state index < -0.39 is 18.2 Å². The van der Waals surface area contributed by atoms with Crippen LogP contribution in [-0.2, 0) is 9.59 Å². The van der Waals surface area contributed by atoms with E-state index in [1.807, 2.05) is 0 Å². The molecule has 17 heavy (non-hydrogen) atoms. The maximum absolute atomic E-state index is 10.8. The fourth-order valence-electron chi connectivity index (χ4n) is 1.28. The first-order valence-corrected chi connectivity index (χ1v) is 4.88. The normalized spacial score (nSPS) is 13.8. The predicted molar refractivity (Wildman–Crippen MR) is 59.3 cm³/mol. The first-order valence-electron chi connectivity index (χ1n) is 4.88. The number of carboxylic acids is 1. The van der Waals surface area contributed by atoms with E-state index in [2.05, 4.69) is 5.32 Å². The zero-order valence-electron chi connectivity index (χ0n) is 9.12. The van der Waals surface area contributed by atoms with Gasteiger partial charge in [-0.15, -0.1) is 0 Å². The molecule has 0 aromatic heterocycles. The molecule has 0 bridgehead atoms. The third-order valence-corrected chi connectivity index (χ3v) is 2.12. The Balaban J connectivity index is 2.80. The minimum Gasteiger partial charge on any atom is -0.479 e. The molecular weight excluding hydrogens is 226 g/mol. The van der Waals surface area contributed by atoms with E-state index in [1.165, 1.54) is 31.2 Å². The van der Waals surface area contributed by atoms with Crippen LogP contribution in [0.3, 0.4) is 0 Å². The van der Waals surface area contributed by atoms with Crippen LogP contribution in [0.5, 0.6) is 0 Å². The Morgan fingerprint density at radius 3 is 2.12 bits per heavy atom. The molecule has 6 nitrogen and oxygen atoms in total. The highest BCUT2D eigenvalue weighted by atomic mass is 16.4. The van der Waals surface area contributed by atoms with Crippen LogP contribution >= 0.6 is 0 Å². The van der Waals surface area contributed by atoms with Crippen LogP contribution in [-0.4, -0.2) is 33.3 Å². The number of hydrogen-bond acceptors (Lipinski definition) is 4. The van der Waals surface area contributed by atoms with Crippen molar-refractivity contribution in [3.8, 4) is 0 Å². The number of anilines is 1. The Bertz CT molecular complexity index is 414. The van der Waals surface area contributed by atoms with Gasteiger partial charge in [0.1, 0.15) is 6.10 Å². The lowest BCUT2D eigenvalue weighted by Gasteiger charge is -2.14. The average Bonchev–Trinajstić information content (AvgIpc) is 2.27. The van der Waals surface area contributed by atoms with Gasteiger partial charge in [0, 0.05) is 12.6 Å². The van der Waals surface area contributed by atoms with Crippen molar-refractivity contribution in [3.63, 3.8) is 0 Å². The Morgan fingerprint density at radius 2 is 1.71 bits per heavy atom. The van der Waals surface area contributed by atoms with Gasteiger partial charge in [-0.3, -0.25) is 4.79 Å². The van der Waals surface area contributed by atoms with Crippen molar-refractivity contribution in [2.75, 3.05) is 5.32 Å². The van der Waals surface area contributed by atoms with Crippen molar-refractivity contribution in [3.05, 3.63) is 29.8 Å². The molecule has 0 fully saturated rings. The SMILES string of the molecule is CC(=O)Nc1ccc(C(O)C(O)C(=O)O)cc1. The highest BCUT2D eigenvalue weighted by Crippen LogP contribution is 2.19. The van der Waals surface area contributed by atoms with Crippen LogP contribution in [0.15, 0.2) is 24.3 Å². The number of hydrogen-bond donors (Lipinski definition) is 4. The molecule has 6 heteroatoms. The Kier molecular flexibility index (Phi) is 4.19. The summed E-state index contributed by atoms with van der Waals surface area (Å²) in [6.07, 6.45) is -3.37. The Labute approximate surface area is 97.5 Å². The maximum Gasteiger partial charge on any atom is 0.335 e. The molecule has 1 aromatic rings. The van der Waals surface area contributed by atoms with Crippen LogP contribution in [0.25, 0.3) is 0 Å². The van der Waals surface area contributed by atoms with Crippen LogP contribution in [0.1, 0.15) is 18.6 Å². The molecule has 1 aromatic carbocycles. The monoisotopic (exact) mass is 239 g/mol. The second-order valence-electron chi connectivity index (χ2n) is 3.53. The van der Waals surface area contributed by atoms with Crippen LogP contribution in [0, 0.1) is 0 Å². The number of aliphatic hydroxyl groups is 2. The molecule has 0 aliphatic rings. The zero-order valence-corrected chi connectivity index (χ0v) is 9.12. The fraction of sp³-hybridized carbons (Fsp3) is 0.273. The average molecular weight is 239 g/mol. The van der Waals surface area contributed by atoms with Crippen molar-refractivity contribution in [1.29, 1.82) is 0 Å². The molecule has 0 saturated carbocycles. The number of carbonyl (C=O) groups is 2. The number of carboxylic acid groups (broad SMARTS) is 1. The van der Waals surface area contributed by atoms with Gasteiger partial charge in [0.15, 0.2) is 6.10 Å². The molecule has 4 N–H and O–H groups in total. The summed E-state index contributed by atoms with van der Waals surface area (Å²) in [5.41, 5.74) is 0.785. The van der Waals surface area contributed by atoms with E-state index in [-0.39, 0.29) is 11.5 Å². The van der Waals surface area contributed by atoms with E-state index in [0.29, 0.717) is 5.69 Å². The van der Waals surface area contributed by atoms with Gasteiger partial charge < -0.3 is 20.6 Å². The lowest BCUT2D eigenvalue weighted by Crippen LogP contribution is -2.27. The number of rotatable bonds is 4. The Hall–Kier alpha value is -1.92. The first-order chi connectivity index (χ1) is 7.91. The van der Waals surface area contributed by atoms with Crippen LogP contribution in [0.2, 0.25) is 0 Å². The summed E-state index contributed by atoms with van der Waals surface area (Å²) in [6, 6.07) is 5.88. The Morgan fingerprint density at radius 1 is 1.18 bits per heavy atom. The van der Waals surface area contributed by atoms with Crippen molar-refractivity contribution >= 4 is 17.6 Å². The molecule has 0 aliphatic carbocycles. The summed E-state index contributed by atoms with van der Waals surface area (Å²) < 4.78 is 0. The standard InChI is InChI=1S/C11H13NO5/c1-6(13)12-8-4-2-7(3-5-8)9(14)10(15)11(16)17/h2-5,9-10,14-15H,1H3,(H,12,13)(H,16,17). The number of benzene rings is 1. The third kappa shape index (κ3) is 3.54. The van der Waals surface area contributed by atoms with E-state index in [4.69, 9.17) is 10.2 Å². The fourth-order valence-corrected chi connectivity index (χ4v) is 1.28. The van der Waals surface area contributed by atoms with Crippen molar-refractivity contribution in [2.24, 2.45) is 0 Å². The van der Waals surface area contributed by atoms with Crippen LogP contribution in [0.4, 0.5) is 5.69 Å². The molecule has 0 heterocycles. The van der Waals surface area contributed by atoms with Gasteiger partial charge in [-0.1, -0.05) is 12.1 Å². The molecule has 92 valence electrons. The largest absolute Gasteiger partial charge is 0.479 e. The molecule has 2 atom stereocenters. The number of nitrogens with one attached hydrogen (secondary N) is 1. The van der Waals surface area contributed by atoms with Gasteiger partial charge in [0.2, 0.25) is 5.91 Å². The number of amides is 1. The van der Waals surface area contributed by atoms with Gasteiger partial charge in [-0.25, -0.2) is 4.79 Å². The molecule has 2 unspecified atom stereocenters. The second-order valence-corrected chi connectivity index (χ2v) is 3.53. The third-order valence-electron chi connectivity index (χ3n) is 2.12. The van der Waals surface area contributed by atoms with Crippen molar-refractivity contribution in [2.45, 2.75) is 19.1 Å². The summed E-state index contributed by atoms with van der Waals surface area (Å²) in [7, 11) is 0. The van der Waals surface area contributed by atoms with Gasteiger partial charge >= 0.3 is 5.97 Å². The minimum absolute atomic E-state index is 0.233. The molecule has 1 rings (SSSR count). The summed E-state index contributed by atoms with van der Waals surface area (Å²) in [6.45, 7) is 1.36. The molecule has 1 amide bonds. The zero-order chi connectivity index (χ0) is 13.0. The smallest absolute Gasteiger partial charge is 0.335 e. The molecule has 0 spiro atoms. The van der Waals surface area contributed by atoms with Gasteiger partial charge in [0.25, 0.3) is 0 Å². The van der Waals surface area contributed by atoms with Crippen LogP contribution < -0.4 is 5.32 Å². The lowest BCUT2D eigenvalue weighted by atomic mass is 10.0. The summed E-state index contributed by atoms with van der Waals surface area (Å²) >= 11 is 0. The van der Waals surface area contributed by atoms with Crippen molar-refractivity contribution in [1.82, 2.24) is 0 Å². The summed E-state index contributed by atoms with van der Waals surface area (Å²) in [5, 5.41) is 29.7. The highest BCUT2D eigenvalue weighted by Gasteiger charge is 2.24. The molecule has 0 radical (unpaired) electrons. The highest BCUT2D eigenvalue weighted by molar-refractivity contribution is 5.88. The second kappa shape index (κ2) is 5.42. The van der Waals surface area contributed by atoms with Gasteiger partial charge in [0.05, 0.1) is 0 Å². The topological polar surface area (TPSA) is 107 Å². The van der Waals surface area contributed by atoms with E-state index in [0.717, 1.165) is 0 Å². The van der Waals surface area contributed by atoms with Gasteiger partial charge in [-0.05, 0) is 17.7 Å². The maximum atomic E-state index is 10.8. The lowest BCUT2D eigenvalue weighted by molar-refractivity contribution is -0.153. The van der Waals surface area contributed by atoms with E-state index in [9.17, 15) is 14.7 Å². The minimum atomic E-state index is -1.87.